The Morgan fingerprint density at radius 1 is 0.500 bits per heavy atom. The van der Waals surface area contributed by atoms with Gasteiger partial charge in [0.25, 0.3) is 0 Å². The molecule has 7 aromatic rings. The Bertz CT molecular complexity index is 1990. The standard InChI is InChI=1S/C36H28N6O2/c1-23-15-19-25(20-16-23)35(43)33(41-31-13-7-5-11-29(31)37-39-41)27-9-3-4-10-28(27)34(36(44)26-21-17-24(2)18-22-26)42-32-14-8-6-12-30(32)38-40-42/h3-22,33-34H,1-2H3. The van der Waals surface area contributed by atoms with Crippen molar-refractivity contribution in [2.45, 2.75) is 25.9 Å². The molecule has 0 spiro atoms. The zero-order valence-electron chi connectivity index (χ0n) is 24.2. The maximum absolute atomic E-state index is 14.5. The van der Waals surface area contributed by atoms with Crippen LogP contribution in [0.15, 0.2) is 121 Å². The molecule has 0 aliphatic carbocycles. The van der Waals surface area contributed by atoms with Gasteiger partial charge in [-0.25, -0.2) is 9.36 Å². The summed E-state index contributed by atoms with van der Waals surface area (Å²) in [6, 6.07) is 35.8. The molecular formula is C36H28N6O2. The van der Waals surface area contributed by atoms with Crippen molar-refractivity contribution >= 4 is 33.6 Å². The van der Waals surface area contributed by atoms with Gasteiger partial charge in [0.05, 0.1) is 11.0 Å². The van der Waals surface area contributed by atoms with E-state index in [0.29, 0.717) is 44.3 Å². The van der Waals surface area contributed by atoms with Gasteiger partial charge in [-0.05, 0) is 49.2 Å². The van der Waals surface area contributed by atoms with Crippen LogP contribution in [0, 0.1) is 13.8 Å². The topological polar surface area (TPSA) is 95.6 Å². The molecule has 2 aromatic heterocycles. The molecule has 0 radical (unpaired) electrons. The molecule has 0 aliphatic heterocycles. The highest BCUT2D eigenvalue weighted by Crippen LogP contribution is 2.35. The Morgan fingerprint density at radius 3 is 1.27 bits per heavy atom. The molecule has 0 bridgehead atoms. The molecule has 0 saturated heterocycles. The number of hydrogen-bond acceptors (Lipinski definition) is 6. The van der Waals surface area contributed by atoms with E-state index < -0.39 is 12.1 Å². The van der Waals surface area contributed by atoms with Crippen LogP contribution >= 0.6 is 0 Å². The van der Waals surface area contributed by atoms with Gasteiger partial charge in [0.15, 0.2) is 11.6 Å². The number of hydrogen-bond donors (Lipinski definition) is 0. The number of Topliss-reactive ketones (excluding diaryl/α,β-unsaturated/α-hetero) is 2. The summed E-state index contributed by atoms with van der Waals surface area (Å²) >= 11 is 0. The van der Waals surface area contributed by atoms with Crippen molar-refractivity contribution in [1.82, 2.24) is 30.0 Å². The Morgan fingerprint density at radius 2 is 0.864 bits per heavy atom. The van der Waals surface area contributed by atoms with Gasteiger partial charge in [0.2, 0.25) is 0 Å². The van der Waals surface area contributed by atoms with Gasteiger partial charge in [-0.2, -0.15) is 0 Å². The monoisotopic (exact) mass is 576 g/mol. The number of aromatic nitrogens is 6. The van der Waals surface area contributed by atoms with Crippen molar-refractivity contribution in [1.29, 1.82) is 0 Å². The van der Waals surface area contributed by atoms with E-state index in [4.69, 9.17) is 0 Å². The Kier molecular flexibility index (Phi) is 6.86. The van der Waals surface area contributed by atoms with E-state index in [-0.39, 0.29) is 11.6 Å². The summed E-state index contributed by atoms with van der Waals surface area (Å²) in [5.74, 6) is -0.337. The van der Waals surface area contributed by atoms with E-state index in [0.717, 1.165) is 11.1 Å². The summed E-state index contributed by atoms with van der Waals surface area (Å²) in [5.41, 5.74) is 7.16. The second kappa shape index (κ2) is 11.1. The van der Waals surface area contributed by atoms with Crippen molar-refractivity contribution in [3.05, 3.63) is 155 Å². The Hall–Kier alpha value is -5.76. The molecule has 44 heavy (non-hydrogen) atoms. The summed E-state index contributed by atoms with van der Waals surface area (Å²) in [6.45, 7) is 3.96. The van der Waals surface area contributed by atoms with Crippen molar-refractivity contribution in [3.63, 3.8) is 0 Å². The molecular weight excluding hydrogens is 548 g/mol. The number of rotatable bonds is 8. The van der Waals surface area contributed by atoms with Crippen LogP contribution in [0.25, 0.3) is 22.1 Å². The number of aryl methyl sites for hydroxylation is 2. The quantitative estimate of drug-likeness (QED) is 0.186. The van der Waals surface area contributed by atoms with Gasteiger partial charge in [-0.3, -0.25) is 9.59 Å². The molecule has 0 N–H and O–H groups in total. The number of fused-ring (bicyclic) bond motifs is 2. The van der Waals surface area contributed by atoms with Crippen molar-refractivity contribution < 1.29 is 9.59 Å². The van der Waals surface area contributed by atoms with Gasteiger partial charge >= 0.3 is 0 Å². The summed E-state index contributed by atoms with van der Waals surface area (Å²) in [4.78, 5) is 29.1. The maximum atomic E-state index is 14.5. The number of para-hydroxylation sites is 2. The maximum Gasteiger partial charge on any atom is 0.191 e. The van der Waals surface area contributed by atoms with E-state index in [1.165, 1.54) is 0 Å². The highest BCUT2D eigenvalue weighted by Gasteiger charge is 2.35. The van der Waals surface area contributed by atoms with Crippen molar-refractivity contribution in [2.75, 3.05) is 0 Å². The van der Waals surface area contributed by atoms with Crippen LogP contribution in [0.2, 0.25) is 0 Å². The van der Waals surface area contributed by atoms with Gasteiger partial charge in [0, 0.05) is 11.1 Å². The van der Waals surface area contributed by atoms with Gasteiger partial charge in [-0.1, -0.05) is 119 Å². The van der Waals surface area contributed by atoms with Gasteiger partial charge in [0.1, 0.15) is 23.1 Å². The van der Waals surface area contributed by atoms with Crippen LogP contribution in [0.4, 0.5) is 0 Å². The van der Waals surface area contributed by atoms with E-state index in [1.807, 2.05) is 135 Å². The molecule has 8 heteroatoms. The Labute approximate surface area is 253 Å². The summed E-state index contributed by atoms with van der Waals surface area (Å²) in [5, 5.41) is 17.7. The minimum Gasteiger partial charge on any atom is -0.291 e. The average Bonchev–Trinajstić information content (AvgIpc) is 3.68. The molecule has 2 heterocycles. The van der Waals surface area contributed by atoms with Crippen LogP contribution in [-0.4, -0.2) is 41.6 Å². The van der Waals surface area contributed by atoms with E-state index in [9.17, 15) is 9.59 Å². The lowest BCUT2D eigenvalue weighted by Gasteiger charge is -2.25. The first-order chi connectivity index (χ1) is 21.5. The number of carbonyl (C=O) groups excluding carboxylic acids is 2. The molecule has 5 aromatic carbocycles. The zero-order valence-corrected chi connectivity index (χ0v) is 24.2. The molecule has 2 atom stereocenters. The fourth-order valence-electron chi connectivity index (χ4n) is 5.68. The number of carbonyl (C=O) groups is 2. The highest BCUT2D eigenvalue weighted by molar-refractivity contribution is 6.04. The van der Waals surface area contributed by atoms with Crippen LogP contribution in [0.3, 0.4) is 0 Å². The smallest absolute Gasteiger partial charge is 0.191 e. The van der Waals surface area contributed by atoms with Crippen molar-refractivity contribution in [3.8, 4) is 0 Å². The van der Waals surface area contributed by atoms with Gasteiger partial charge in [-0.15, -0.1) is 10.2 Å². The minimum absolute atomic E-state index is 0.168. The SMILES string of the molecule is Cc1ccc(C(=O)C(c2ccccc2C(C(=O)c2ccc(C)cc2)n2nnc3ccccc32)n2nnc3ccccc32)cc1. The lowest BCUT2D eigenvalue weighted by atomic mass is 9.87. The number of ketones is 2. The third-order valence-corrected chi connectivity index (χ3v) is 8.00. The molecule has 0 saturated carbocycles. The second-order valence-electron chi connectivity index (χ2n) is 10.9. The molecule has 0 amide bonds. The van der Waals surface area contributed by atoms with E-state index in [2.05, 4.69) is 20.6 Å². The first kappa shape index (κ1) is 27.1. The largest absolute Gasteiger partial charge is 0.291 e. The molecule has 214 valence electrons. The zero-order chi connectivity index (χ0) is 30.2. The predicted molar refractivity (Wildman–Crippen MR) is 169 cm³/mol. The number of nitrogens with zero attached hydrogens (tertiary/aromatic N) is 6. The molecule has 7 rings (SSSR count). The third kappa shape index (κ3) is 4.76. The average molecular weight is 577 g/mol. The first-order valence-electron chi connectivity index (χ1n) is 14.4. The van der Waals surface area contributed by atoms with Gasteiger partial charge < -0.3 is 0 Å². The highest BCUT2D eigenvalue weighted by atomic mass is 16.1. The van der Waals surface area contributed by atoms with E-state index >= 15 is 0 Å². The molecule has 8 nitrogen and oxygen atoms in total. The predicted octanol–water partition coefficient (Wildman–Crippen LogP) is 6.74. The second-order valence-corrected chi connectivity index (χ2v) is 10.9. The molecule has 0 fully saturated rings. The van der Waals surface area contributed by atoms with Crippen LogP contribution in [0.1, 0.15) is 55.1 Å². The first-order valence-corrected chi connectivity index (χ1v) is 14.4. The third-order valence-electron chi connectivity index (χ3n) is 8.00. The Balaban J connectivity index is 1.48. The van der Waals surface area contributed by atoms with Crippen LogP contribution < -0.4 is 0 Å². The lowest BCUT2D eigenvalue weighted by molar-refractivity contribution is 0.0921. The molecule has 0 aliphatic rings. The van der Waals surface area contributed by atoms with Crippen molar-refractivity contribution in [2.24, 2.45) is 0 Å². The summed E-state index contributed by atoms with van der Waals surface area (Å²) in [7, 11) is 0. The lowest BCUT2D eigenvalue weighted by Crippen LogP contribution is -2.28. The fourth-order valence-corrected chi connectivity index (χ4v) is 5.68. The summed E-state index contributed by atoms with van der Waals surface area (Å²) in [6.07, 6.45) is 0. The fraction of sp³-hybridized carbons (Fsp3) is 0.111. The van der Waals surface area contributed by atoms with E-state index in [1.54, 1.807) is 9.36 Å². The normalized spacial score (nSPS) is 12.8. The molecule has 2 unspecified atom stereocenters. The minimum atomic E-state index is -0.913. The van der Waals surface area contributed by atoms with Crippen LogP contribution in [-0.2, 0) is 0 Å². The number of benzene rings is 5. The van der Waals surface area contributed by atoms with Crippen LogP contribution in [0.5, 0.6) is 0 Å². The summed E-state index contributed by atoms with van der Waals surface area (Å²) < 4.78 is 3.31.